The lowest BCUT2D eigenvalue weighted by Gasteiger charge is -2.21. The van der Waals surface area contributed by atoms with Gasteiger partial charge in [0.1, 0.15) is 0 Å². The Morgan fingerprint density at radius 1 is 0.976 bits per heavy atom. The van der Waals surface area contributed by atoms with Gasteiger partial charge in [-0.2, -0.15) is 0 Å². The number of nitrogens with zero attached hydrogens (tertiary/aromatic N) is 1. The molecule has 0 radical (unpaired) electrons. The van der Waals surface area contributed by atoms with E-state index in [0.717, 1.165) is 55.4 Å². The van der Waals surface area contributed by atoms with Crippen molar-refractivity contribution in [2.75, 3.05) is 4.90 Å². The number of carbonyl (C=O) groups is 3. The van der Waals surface area contributed by atoms with Gasteiger partial charge in [0.25, 0.3) is 11.8 Å². The van der Waals surface area contributed by atoms with Crippen molar-refractivity contribution in [3.05, 3.63) is 101 Å². The SMILES string of the molecule is Cc1c(-c2ccc(C(N)=O)c3[nH]c4cc(CNC(=O)NC(C)C)ccc4c23)cccc1N1Cc2ccccc2C1=O. The lowest BCUT2D eigenvalue weighted by Crippen LogP contribution is -2.39. The van der Waals surface area contributed by atoms with Crippen molar-refractivity contribution in [1.29, 1.82) is 0 Å². The van der Waals surface area contributed by atoms with Crippen molar-refractivity contribution >= 4 is 45.3 Å². The highest BCUT2D eigenvalue weighted by Gasteiger charge is 2.29. The number of H-pyrrole nitrogens is 1. The van der Waals surface area contributed by atoms with Crippen molar-refractivity contribution < 1.29 is 14.4 Å². The number of fused-ring (bicyclic) bond motifs is 4. The largest absolute Gasteiger partial charge is 0.366 e. The molecule has 6 rings (SSSR count). The molecule has 1 aromatic heterocycles. The number of nitrogens with one attached hydrogen (secondary N) is 3. The molecule has 41 heavy (non-hydrogen) atoms. The second kappa shape index (κ2) is 10.1. The number of carbonyl (C=O) groups excluding carboxylic acids is 3. The number of aromatic nitrogens is 1. The van der Waals surface area contributed by atoms with E-state index in [2.05, 4.69) is 15.6 Å². The first-order valence-electron chi connectivity index (χ1n) is 13.6. The van der Waals surface area contributed by atoms with Gasteiger partial charge in [-0.3, -0.25) is 9.59 Å². The Bertz CT molecular complexity index is 1870. The molecule has 0 unspecified atom stereocenters. The second-order valence-corrected chi connectivity index (χ2v) is 10.8. The van der Waals surface area contributed by atoms with E-state index >= 15 is 0 Å². The van der Waals surface area contributed by atoms with E-state index in [-0.39, 0.29) is 18.0 Å². The van der Waals surface area contributed by atoms with Gasteiger partial charge in [-0.1, -0.05) is 48.5 Å². The molecule has 4 aromatic carbocycles. The Morgan fingerprint density at radius 2 is 1.76 bits per heavy atom. The van der Waals surface area contributed by atoms with Gasteiger partial charge in [0.2, 0.25) is 0 Å². The Morgan fingerprint density at radius 3 is 2.51 bits per heavy atom. The molecule has 1 aliphatic heterocycles. The molecule has 8 nitrogen and oxygen atoms in total. The molecule has 0 atom stereocenters. The van der Waals surface area contributed by atoms with Crippen LogP contribution in [0.3, 0.4) is 0 Å². The van der Waals surface area contributed by atoms with E-state index < -0.39 is 5.91 Å². The van der Waals surface area contributed by atoms with Crippen molar-refractivity contribution in [3.63, 3.8) is 0 Å². The number of aromatic amines is 1. The van der Waals surface area contributed by atoms with Gasteiger partial charge in [-0.15, -0.1) is 0 Å². The monoisotopic (exact) mass is 545 g/mol. The van der Waals surface area contributed by atoms with Crippen LogP contribution in [0.15, 0.2) is 72.8 Å². The third kappa shape index (κ3) is 4.57. The summed E-state index contributed by atoms with van der Waals surface area (Å²) in [6.45, 7) is 6.71. The van der Waals surface area contributed by atoms with E-state index in [1.165, 1.54) is 0 Å². The molecule has 1 aliphatic rings. The van der Waals surface area contributed by atoms with Crippen molar-refractivity contribution in [1.82, 2.24) is 15.6 Å². The molecule has 0 bridgehead atoms. The van der Waals surface area contributed by atoms with Crippen LogP contribution in [0, 0.1) is 6.92 Å². The Balaban J connectivity index is 1.44. The number of hydrogen-bond acceptors (Lipinski definition) is 3. The Kier molecular flexibility index (Phi) is 6.46. The maximum Gasteiger partial charge on any atom is 0.315 e. The first-order valence-corrected chi connectivity index (χ1v) is 13.6. The van der Waals surface area contributed by atoms with E-state index in [1.54, 1.807) is 6.07 Å². The van der Waals surface area contributed by atoms with Crippen molar-refractivity contribution in [3.8, 4) is 11.1 Å². The summed E-state index contributed by atoms with van der Waals surface area (Å²) in [6, 6.07) is 23.1. The molecule has 5 aromatic rings. The maximum absolute atomic E-state index is 13.3. The number of nitrogens with two attached hydrogens (primary N) is 1. The van der Waals surface area contributed by atoms with Gasteiger partial charge in [0.15, 0.2) is 0 Å². The average molecular weight is 546 g/mol. The summed E-state index contributed by atoms with van der Waals surface area (Å²) in [7, 11) is 0. The average Bonchev–Trinajstić information content (AvgIpc) is 3.49. The molecule has 8 heteroatoms. The predicted octanol–water partition coefficient (Wildman–Crippen LogP) is 5.76. The minimum Gasteiger partial charge on any atom is -0.366 e. The summed E-state index contributed by atoms with van der Waals surface area (Å²) in [5, 5.41) is 7.51. The lowest BCUT2D eigenvalue weighted by molar-refractivity contribution is 0.0990. The molecule has 2 heterocycles. The number of amides is 4. The summed E-state index contributed by atoms with van der Waals surface area (Å²) in [5.41, 5.74) is 14.0. The minimum absolute atomic E-state index is 0.00891. The quantitative estimate of drug-likeness (QED) is 0.217. The van der Waals surface area contributed by atoms with Gasteiger partial charge in [0, 0.05) is 40.1 Å². The zero-order valence-electron chi connectivity index (χ0n) is 23.2. The molecule has 4 amide bonds. The molecule has 206 valence electrons. The Hall–Kier alpha value is -5.11. The predicted molar refractivity (Wildman–Crippen MR) is 162 cm³/mol. The van der Waals surface area contributed by atoms with Gasteiger partial charge in [-0.05, 0) is 72.9 Å². The van der Waals surface area contributed by atoms with Crippen LogP contribution in [0.1, 0.15) is 51.3 Å². The van der Waals surface area contributed by atoms with E-state index in [4.69, 9.17) is 5.73 Å². The fourth-order valence-electron chi connectivity index (χ4n) is 5.75. The van der Waals surface area contributed by atoms with E-state index in [9.17, 15) is 14.4 Å². The highest BCUT2D eigenvalue weighted by Crippen LogP contribution is 2.41. The fourth-order valence-corrected chi connectivity index (χ4v) is 5.75. The van der Waals surface area contributed by atoms with Crippen LogP contribution in [0.5, 0.6) is 0 Å². The fraction of sp³-hybridized carbons (Fsp3) is 0.182. The van der Waals surface area contributed by atoms with Crippen LogP contribution in [0.2, 0.25) is 0 Å². The molecule has 0 saturated heterocycles. The molecule has 0 saturated carbocycles. The summed E-state index contributed by atoms with van der Waals surface area (Å²) in [5.74, 6) is -0.531. The number of anilines is 1. The maximum atomic E-state index is 13.3. The van der Waals surface area contributed by atoms with Crippen LogP contribution >= 0.6 is 0 Å². The normalized spacial score (nSPS) is 12.8. The van der Waals surface area contributed by atoms with Crippen molar-refractivity contribution in [2.24, 2.45) is 5.73 Å². The number of rotatable bonds is 6. The highest BCUT2D eigenvalue weighted by molar-refractivity contribution is 6.20. The van der Waals surface area contributed by atoms with Crippen LogP contribution in [0.25, 0.3) is 32.9 Å². The lowest BCUT2D eigenvalue weighted by atomic mass is 9.93. The van der Waals surface area contributed by atoms with E-state index in [1.807, 2.05) is 92.4 Å². The Labute approximate surface area is 237 Å². The van der Waals surface area contributed by atoms with Gasteiger partial charge in [0.05, 0.1) is 17.6 Å². The third-order valence-corrected chi connectivity index (χ3v) is 7.66. The first kappa shape index (κ1) is 26.1. The summed E-state index contributed by atoms with van der Waals surface area (Å²) < 4.78 is 0. The van der Waals surface area contributed by atoms with E-state index in [0.29, 0.717) is 24.2 Å². The van der Waals surface area contributed by atoms with Gasteiger partial charge >= 0.3 is 6.03 Å². The topological polar surface area (TPSA) is 120 Å². The van der Waals surface area contributed by atoms with Crippen LogP contribution in [0.4, 0.5) is 10.5 Å². The zero-order valence-corrected chi connectivity index (χ0v) is 23.2. The van der Waals surface area contributed by atoms with Crippen LogP contribution in [-0.2, 0) is 13.1 Å². The third-order valence-electron chi connectivity index (χ3n) is 7.66. The smallest absolute Gasteiger partial charge is 0.315 e. The van der Waals surface area contributed by atoms with Crippen LogP contribution in [-0.4, -0.2) is 28.9 Å². The summed E-state index contributed by atoms with van der Waals surface area (Å²) in [4.78, 5) is 43.0. The molecule has 0 spiro atoms. The molecule has 0 fully saturated rings. The molecular formula is C33H31N5O3. The van der Waals surface area contributed by atoms with Gasteiger partial charge < -0.3 is 26.3 Å². The first-order chi connectivity index (χ1) is 19.7. The minimum atomic E-state index is -0.522. The molecular weight excluding hydrogens is 514 g/mol. The second-order valence-electron chi connectivity index (χ2n) is 10.8. The zero-order chi connectivity index (χ0) is 28.8. The standard InChI is InChI=1S/C33H31N5O3/c1-18(2)36-33(41)35-16-20-11-12-25-27(15-20)37-30-26(31(34)39)14-13-24(29(25)30)22-9-6-10-28(19(22)3)38-17-21-7-4-5-8-23(21)32(38)40/h4-15,18,37H,16-17H2,1-3H3,(H2,34,39)(H2,35,36,41). The summed E-state index contributed by atoms with van der Waals surface area (Å²) >= 11 is 0. The number of benzene rings is 4. The van der Waals surface area contributed by atoms with Crippen LogP contribution < -0.4 is 21.3 Å². The summed E-state index contributed by atoms with van der Waals surface area (Å²) in [6.07, 6.45) is 0. The number of primary amides is 1. The van der Waals surface area contributed by atoms with Gasteiger partial charge in [-0.25, -0.2) is 4.79 Å². The highest BCUT2D eigenvalue weighted by atomic mass is 16.2. The number of urea groups is 1. The molecule has 0 aliphatic carbocycles. The number of hydrogen-bond donors (Lipinski definition) is 4. The molecule has 5 N–H and O–H groups in total. The van der Waals surface area contributed by atoms with Crippen molar-refractivity contribution in [2.45, 2.75) is 39.9 Å².